The number of hydrogen-bond acceptors (Lipinski definition) is 2. The van der Waals surface area contributed by atoms with Gasteiger partial charge in [-0.2, -0.15) is 0 Å². The summed E-state index contributed by atoms with van der Waals surface area (Å²) in [4.78, 5) is 3.18. The van der Waals surface area contributed by atoms with E-state index in [1.807, 2.05) is 6.20 Å². The number of benzene rings is 1. The lowest BCUT2D eigenvalue weighted by Gasteiger charge is -2.10. The van der Waals surface area contributed by atoms with Crippen LogP contribution in [0, 0.1) is 0 Å². The van der Waals surface area contributed by atoms with Crippen molar-refractivity contribution in [1.82, 2.24) is 10.3 Å². The second-order valence-electron chi connectivity index (χ2n) is 4.47. The minimum absolute atomic E-state index is 0.226. The van der Waals surface area contributed by atoms with E-state index in [-0.39, 0.29) is 6.10 Å². The molecule has 2 rings (SSSR count). The zero-order valence-electron chi connectivity index (χ0n) is 10.2. The van der Waals surface area contributed by atoms with Gasteiger partial charge in [-0.25, -0.2) is 0 Å². The van der Waals surface area contributed by atoms with Crippen LogP contribution in [0.2, 0.25) is 0 Å². The van der Waals surface area contributed by atoms with Crippen molar-refractivity contribution in [3.8, 4) is 0 Å². The standard InChI is InChI=1S/C14H20N2O/c1-2-3-13(17)10-15-9-11-4-5-14-12(8-11)6-7-16-14/h4-8,13,15-17H,2-3,9-10H2,1H3. The Morgan fingerprint density at radius 3 is 3.06 bits per heavy atom. The summed E-state index contributed by atoms with van der Waals surface area (Å²) in [6.45, 7) is 3.56. The van der Waals surface area contributed by atoms with Crippen LogP contribution >= 0.6 is 0 Å². The van der Waals surface area contributed by atoms with E-state index in [0.717, 1.165) is 19.4 Å². The van der Waals surface area contributed by atoms with Gasteiger partial charge in [0.1, 0.15) is 0 Å². The first-order valence-electron chi connectivity index (χ1n) is 6.24. The molecule has 17 heavy (non-hydrogen) atoms. The summed E-state index contributed by atoms with van der Waals surface area (Å²) in [7, 11) is 0. The quantitative estimate of drug-likeness (QED) is 0.716. The molecule has 92 valence electrons. The van der Waals surface area contributed by atoms with E-state index in [0.29, 0.717) is 6.54 Å². The third-order valence-electron chi connectivity index (χ3n) is 2.95. The number of aromatic nitrogens is 1. The Hall–Kier alpha value is -1.32. The molecule has 3 heteroatoms. The third-order valence-corrected chi connectivity index (χ3v) is 2.95. The summed E-state index contributed by atoms with van der Waals surface area (Å²) in [5, 5.41) is 14.1. The molecule has 2 aromatic rings. The van der Waals surface area contributed by atoms with Crippen LogP contribution in [0.5, 0.6) is 0 Å². The maximum Gasteiger partial charge on any atom is 0.0664 e. The summed E-state index contributed by atoms with van der Waals surface area (Å²) in [6, 6.07) is 8.45. The Morgan fingerprint density at radius 1 is 1.35 bits per heavy atom. The van der Waals surface area contributed by atoms with Gasteiger partial charge in [-0.1, -0.05) is 19.4 Å². The van der Waals surface area contributed by atoms with Gasteiger partial charge in [0.15, 0.2) is 0 Å². The number of aliphatic hydroxyl groups is 1. The molecule has 1 heterocycles. The predicted octanol–water partition coefficient (Wildman–Crippen LogP) is 2.42. The van der Waals surface area contributed by atoms with Gasteiger partial charge in [0.2, 0.25) is 0 Å². The Morgan fingerprint density at radius 2 is 2.24 bits per heavy atom. The van der Waals surface area contributed by atoms with E-state index in [1.54, 1.807) is 0 Å². The number of H-pyrrole nitrogens is 1. The van der Waals surface area contributed by atoms with Crippen molar-refractivity contribution < 1.29 is 5.11 Å². The first kappa shape index (κ1) is 12.1. The largest absolute Gasteiger partial charge is 0.392 e. The molecule has 3 nitrogen and oxygen atoms in total. The Bertz CT molecular complexity index is 464. The fraction of sp³-hybridized carbons (Fsp3) is 0.429. The zero-order valence-corrected chi connectivity index (χ0v) is 10.2. The first-order valence-corrected chi connectivity index (χ1v) is 6.24. The number of rotatable bonds is 6. The lowest BCUT2D eigenvalue weighted by Crippen LogP contribution is -2.26. The highest BCUT2D eigenvalue weighted by Gasteiger charge is 2.02. The number of fused-ring (bicyclic) bond motifs is 1. The molecule has 1 unspecified atom stereocenters. The van der Waals surface area contributed by atoms with Crippen LogP contribution in [0.3, 0.4) is 0 Å². The van der Waals surface area contributed by atoms with Gasteiger partial charge in [-0.05, 0) is 35.6 Å². The smallest absolute Gasteiger partial charge is 0.0664 e. The van der Waals surface area contributed by atoms with Crippen molar-refractivity contribution in [2.75, 3.05) is 6.54 Å². The van der Waals surface area contributed by atoms with E-state index in [4.69, 9.17) is 0 Å². The number of aliphatic hydroxyl groups excluding tert-OH is 1. The molecule has 1 aromatic heterocycles. The molecular weight excluding hydrogens is 212 g/mol. The highest BCUT2D eigenvalue weighted by atomic mass is 16.3. The van der Waals surface area contributed by atoms with Crippen molar-refractivity contribution in [3.05, 3.63) is 36.0 Å². The van der Waals surface area contributed by atoms with Gasteiger partial charge in [-0.3, -0.25) is 0 Å². The lowest BCUT2D eigenvalue weighted by atomic mass is 10.1. The topological polar surface area (TPSA) is 48.0 Å². The van der Waals surface area contributed by atoms with Crippen LogP contribution in [-0.2, 0) is 6.54 Å². The van der Waals surface area contributed by atoms with Crippen LogP contribution in [0.1, 0.15) is 25.3 Å². The third kappa shape index (κ3) is 3.32. The Kier molecular flexibility index (Phi) is 4.18. The average molecular weight is 232 g/mol. The Balaban J connectivity index is 1.86. The van der Waals surface area contributed by atoms with Crippen LogP contribution in [0.15, 0.2) is 30.5 Å². The molecule has 1 aromatic carbocycles. The molecule has 0 aliphatic heterocycles. The molecule has 1 atom stereocenters. The van der Waals surface area contributed by atoms with Crippen molar-refractivity contribution >= 4 is 10.9 Å². The summed E-state index contributed by atoms with van der Waals surface area (Å²) < 4.78 is 0. The first-order chi connectivity index (χ1) is 8.29. The van der Waals surface area contributed by atoms with E-state index in [2.05, 4.69) is 41.5 Å². The SMILES string of the molecule is CCCC(O)CNCc1ccc2[nH]ccc2c1. The molecule has 0 amide bonds. The lowest BCUT2D eigenvalue weighted by molar-refractivity contribution is 0.160. The summed E-state index contributed by atoms with van der Waals surface area (Å²) in [6.07, 6.45) is 3.62. The monoisotopic (exact) mass is 232 g/mol. The summed E-state index contributed by atoms with van der Waals surface area (Å²) in [5.74, 6) is 0. The molecular formula is C14H20N2O. The molecule has 0 spiro atoms. The summed E-state index contributed by atoms with van der Waals surface area (Å²) >= 11 is 0. The average Bonchev–Trinajstić information content (AvgIpc) is 2.76. The molecule has 0 saturated heterocycles. The molecule has 3 N–H and O–H groups in total. The molecule has 0 radical (unpaired) electrons. The van der Waals surface area contributed by atoms with Gasteiger partial charge < -0.3 is 15.4 Å². The minimum atomic E-state index is -0.226. The molecule has 0 saturated carbocycles. The second kappa shape index (κ2) is 5.84. The summed E-state index contributed by atoms with van der Waals surface area (Å²) in [5.41, 5.74) is 2.42. The van der Waals surface area contributed by atoms with Crippen molar-refractivity contribution in [1.29, 1.82) is 0 Å². The molecule has 0 fully saturated rings. The minimum Gasteiger partial charge on any atom is -0.392 e. The maximum atomic E-state index is 9.60. The Labute approximate surface area is 102 Å². The predicted molar refractivity (Wildman–Crippen MR) is 70.9 cm³/mol. The normalized spacial score (nSPS) is 13.1. The fourth-order valence-electron chi connectivity index (χ4n) is 2.03. The highest BCUT2D eigenvalue weighted by Crippen LogP contribution is 2.14. The van der Waals surface area contributed by atoms with Crippen molar-refractivity contribution in [3.63, 3.8) is 0 Å². The van der Waals surface area contributed by atoms with E-state index < -0.39 is 0 Å². The number of hydrogen-bond donors (Lipinski definition) is 3. The highest BCUT2D eigenvalue weighted by molar-refractivity contribution is 5.79. The number of aromatic amines is 1. The second-order valence-corrected chi connectivity index (χ2v) is 4.47. The van der Waals surface area contributed by atoms with E-state index in [1.165, 1.54) is 16.5 Å². The van der Waals surface area contributed by atoms with Gasteiger partial charge in [0, 0.05) is 24.8 Å². The molecule has 0 aliphatic rings. The van der Waals surface area contributed by atoms with E-state index in [9.17, 15) is 5.11 Å². The van der Waals surface area contributed by atoms with Gasteiger partial charge in [0.05, 0.1) is 6.10 Å². The van der Waals surface area contributed by atoms with Crippen molar-refractivity contribution in [2.45, 2.75) is 32.4 Å². The van der Waals surface area contributed by atoms with Crippen LogP contribution in [-0.4, -0.2) is 22.7 Å². The van der Waals surface area contributed by atoms with Crippen molar-refractivity contribution in [2.24, 2.45) is 0 Å². The number of nitrogens with one attached hydrogen (secondary N) is 2. The van der Waals surface area contributed by atoms with Crippen LogP contribution in [0.4, 0.5) is 0 Å². The molecule has 0 aliphatic carbocycles. The zero-order chi connectivity index (χ0) is 12.1. The van der Waals surface area contributed by atoms with Gasteiger partial charge >= 0.3 is 0 Å². The van der Waals surface area contributed by atoms with Crippen LogP contribution in [0.25, 0.3) is 10.9 Å². The maximum absolute atomic E-state index is 9.60. The van der Waals surface area contributed by atoms with E-state index >= 15 is 0 Å². The molecule has 0 bridgehead atoms. The van der Waals surface area contributed by atoms with Gasteiger partial charge in [-0.15, -0.1) is 0 Å². The van der Waals surface area contributed by atoms with Crippen LogP contribution < -0.4 is 5.32 Å². The van der Waals surface area contributed by atoms with Gasteiger partial charge in [0.25, 0.3) is 0 Å². The fourth-order valence-corrected chi connectivity index (χ4v) is 2.03.